The van der Waals surface area contributed by atoms with Crippen LogP contribution in [0, 0.1) is 0 Å². The number of hydrogen-bond donors (Lipinski definition) is 1. The maximum absolute atomic E-state index is 12.9. The van der Waals surface area contributed by atoms with E-state index in [9.17, 15) is 4.79 Å². The average molecular weight is 317 g/mol. The Balaban J connectivity index is 1.60. The molecule has 2 heterocycles. The number of ether oxygens (including phenoxy) is 1. The lowest BCUT2D eigenvalue weighted by Gasteiger charge is -2.42. The fraction of sp³-hybridized carbons (Fsp3) is 0.611. The Morgan fingerprint density at radius 3 is 2.83 bits per heavy atom. The predicted molar refractivity (Wildman–Crippen MR) is 90.1 cm³/mol. The topological polar surface area (TPSA) is 44.8 Å². The highest BCUT2D eigenvalue weighted by molar-refractivity contribution is 5.81. The molecule has 3 atom stereocenters. The van der Waals surface area contributed by atoms with Crippen LogP contribution in [-0.2, 0) is 16.1 Å². The molecule has 2 aliphatic heterocycles. The molecule has 3 unspecified atom stereocenters. The van der Waals surface area contributed by atoms with E-state index in [4.69, 9.17) is 4.74 Å². The van der Waals surface area contributed by atoms with E-state index in [0.29, 0.717) is 19.2 Å². The van der Waals surface area contributed by atoms with Crippen molar-refractivity contribution in [1.29, 1.82) is 0 Å². The highest BCUT2D eigenvalue weighted by atomic mass is 16.5. The van der Waals surface area contributed by atoms with Crippen LogP contribution in [0.15, 0.2) is 30.3 Å². The minimum atomic E-state index is -0.333. The van der Waals surface area contributed by atoms with E-state index in [1.54, 1.807) is 0 Å². The van der Waals surface area contributed by atoms with Gasteiger partial charge in [-0.1, -0.05) is 30.3 Å². The minimum Gasteiger partial charge on any atom is -0.366 e. The predicted octanol–water partition coefficient (Wildman–Crippen LogP) is 1.10. The third-order valence-electron chi connectivity index (χ3n) is 4.99. The van der Waals surface area contributed by atoms with Crippen molar-refractivity contribution in [2.45, 2.75) is 38.6 Å². The molecule has 126 valence electrons. The van der Waals surface area contributed by atoms with Gasteiger partial charge in [0.25, 0.3) is 5.91 Å². The molecular weight excluding hydrogens is 290 g/mol. The van der Waals surface area contributed by atoms with E-state index >= 15 is 0 Å². The van der Waals surface area contributed by atoms with Crippen LogP contribution in [0.3, 0.4) is 0 Å². The summed E-state index contributed by atoms with van der Waals surface area (Å²) in [5.41, 5.74) is 1.28. The molecule has 1 aromatic carbocycles. The molecule has 1 aromatic rings. The molecule has 0 saturated carbocycles. The van der Waals surface area contributed by atoms with Gasteiger partial charge in [-0.15, -0.1) is 0 Å². The van der Waals surface area contributed by atoms with Gasteiger partial charge in [0.05, 0.1) is 6.61 Å². The summed E-state index contributed by atoms with van der Waals surface area (Å²) < 4.78 is 5.79. The van der Waals surface area contributed by atoms with Crippen LogP contribution >= 0.6 is 0 Å². The summed E-state index contributed by atoms with van der Waals surface area (Å²) >= 11 is 0. The number of carbonyl (C=O) groups is 1. The van der Waals surface area contributed by atoms with Crippen molar-refractivity contribution in [3.05, 3.63) is 35.9 Å². The highest BCUT2D eigenvalue weighted by Gasteiger charge is 2.35. The Hall–Kier alpha value is -1.43. The fourth-order valence-electron chi connectivity index (χ4n) is 3.39. The number of nitrogens with zero attached hydrogens (tertiary/aromatic N) is 2. The molecule has 1 N–H and O–H groups in total. The van der Waals surface area contributed by atoms with Crippen LogP contribution in [0.25, 0.3) is 0 Å². The zero-order valence-electron chi connectivity index (χ0n) is 14.1. The van der Waals surface area contributed by atoms with Crippen molar-refractivity contribution in [3.8, 4) is 0 Å². The Labute approximate surface area is 138 Å². The second-order valence-corrected chi connectivity index (χ2v) is 6.60. The number of piperazine rings is 1. The molecule has 0 bridgehead atoms. The summed E-state index contributed by atoms with van der Waals surface area (Å²) in [6.07, 6.45) is -0.333. The molecule has 0 aromatic heterocycles. The first-order chi connectivity index (χ1) is 11.1. The summed E-state index contributed by atoms with van der Waals surface area (Å²) in [6, 6.07) is 11.0. The highest BCUT2D eigenvalue weighted by Crippen LogP contribution is 2.16. The number of carbonyl (C=O) groups excluding carboxylic acids is 1. The molecule has 3 rings (SSSR count). The summed E-state index contributed by atoms with van der Waals surface area (Å²) in [5, 5.41) is 3.42. The second-order valence-electron chi connectivity index (χ2n) is 6.60. The van der Waals surface area contributed by atoms with Crippen LogP contribution in [0.2, 0.25) is 0 Å². The first-order valence-corrected chi connectivity index (χ1v) is 8.57. The number of hydrogen-bond acceptors (Lipinski definition) is 4. The summed E-state index contributed by atoms with van der Waals surface area (Å²) in [4.78, 5) is 17.2. The van der Waals surface area contributed by atoms with Crippen molar-refractivity contribution >= 4 is 5.91 Å². The molecule has 5 heteroatoms. The molecule has 1 amide bonds. The Morgan fingerprint density at radius 2 is 2.04 bits per heavy atom. The van der Waals surface area contributed by atoms with Gasteiger partial charge < -0.3 is 15.0 Å². The van der Waals surface area contributed by atoms with Gasteiger partial charge >= 0.3 is 0 Å². The van der Waals surface area contributed by atoms with Gasteiger partial charge in [-0.2, -0.15) is 0 Å². The quantitative estimate of drug-likeness (QED) is 0.907. The molecule has 2 saturated heterocycles. The lowest BCUT2D eigenvalue weighted by molar-refractivity contribution is -0.153. The Kier molecular flexibility index (Phi) is 5.30. The van der Waals surface area contributed by atoms with Crippen molar-refractivity contribution in [2.24, 2.45) is 0 Å². The standard InChI is InChI=1S/C18H27N3O2/c1-14-15(2)21(9-8-19-14)18(22)17-13-20(10-11-23-17)12-16-6-4-3-5-7-16/h3-7,14-15,17,19H,8-13H2,1-2H3. The van der Waals surface area contributed by atoms with Crippen molar-refractivity contribution in [2.75, 3.05) is 32.8 Å². The van der Waals surface area contributed by atoms with Gasteiger partial charge in [0.2, 0.25) is 0 Å². The van der Waals surface area contributed by atoms with E-state index in [2.05, 4.69) is 48.3 Å². The Bertz CT molecular complexity index is 522. The number of amides is 1. The van der Waals surface area contributed by atoms with Crippen LogP contribution in [0.1, 0.15) is 19.4 Å². The van der Waals surface area contributed by atoms with Crippen LogP contribution in [-0.4, -0.2) is 66.7 Å². The number of rotatable bonds is 3. The fourth-order valence-corrected chi connectivity index (χ4v) is 3.39. The Morgan fingerprint density at radius 1 is 1.26 bits per heavy atom. The first-order valence-electron chi connectivity index (χ1n) is 8.57. The van der Waals surface area contributed by atoms with E-state index in [1.807, 2.05) is 11.0 Å². The van der Waals surface area contributed by atoms with Crippen molar-refractivity contribution in [1.82, 2.24) is 15.1 Å². The smallest absolute Gasteiger partial charge is 0.253 e. The van der Waals surface area contributed by atoms with E-state index in [0.717, 1.165) is 26.2 Å². The zero-order valence-corrected chi connectivity index (χ0v) is 14.1. The average Bonchev–Trinajstić information content (AvgIpc) is 2.58. The summed E-state index contributed by atoms with van der Waals surface area (Å²) in [7, 11) is 0. The monoisotopic (exact) mass is 317 g/mol. The zero-order chi connectivity index (χ0) is 16.2. The SMILES string of the molecule is CC1NCCN(C(=O)C2CN(Cc3ccccc3)CCO2)C1C. The molecule has 23 heavy (non-hydrogen) atoms. The van der Waals surface area contributed by atoms with Gasteiger partial charge in [-0.25, -0.2) is 0 Å². The summed E-state index contributed by atoms with van der Waals surface area (Å²) in [5.74, 6) is 0.142. The van der Waals surface area contributed by atoms with Gasteiger partial charge in [0.1, 0.15) is 6.10 Å². The maximum Gasteiger partial charge on any atom is 0.253 e. The van der Waals surface area contributed by atoms with Gasteiger partial charge in [-0.05, 0) is 19.4 Å². The number of benzene rings is 1. The molecule has 0 aliphatic carbocycles. The molecule has 0 radical (unpaired) electrons. The summed E-state index contributed by atoms with van der Waals surface area (Å²) in [6.45, 7) is 8.93. The van der Waals surface area contributed by atoms with Crippen LogP contribution in [0.5, 0.6) is 0 Å². The number of morpholine rings is 1. The third-order valence-corrected chi connectivity index (χ3v) is 4.99. The molecular formula is C18H27N3O2. The van der Waals surface area contributed by atoms with Gasteiger partial charge in [0.15, 0.2) is 0 Å². The van der Waals surface area contributed by atoms with Gasteiger partial charge in [-0.3, -0.25) is 9.69 Å². The van der Waals surface area contributed by atoms with Crippen LogP contribution in [0.4, 0.5) is 0 Å². The molecule has 5 nitrogen and oxygen atoms in total. The van der Waals surface area contributed by atoms with E-state index in [1.165, 1.54) is 5.56 Å². The lowest BCUT2D eigenvalue weighted by atomic mass is 10.1. The van der Waals surface area contributed by atoms with E-state index < -0.39 is 0 Å². The molecule has 2 aliphatic rings. The number of nitrogens with one attached hydrogen (secondary N) is 1. The van der Waals surface area contributed by atoms with Gasteiger partial charge in [0, 0.05) is 44.8 Å². The largest absolute Gasteiger partial charge is 0.366 e. The lowest BCUT2D eigenvalue weighted by Crippen LogP contribution is -2.61. The normalized spacial score (nSPS) is 29.5. The molecule has 0 spiro atoms. The maximum atomic E-state index is 12.9. The second kappa shape index (κ2) is 7.43. The van der Waals surface area contributed by atoms with E-state index in [-0.39, 0.29) is 18.1 Å². The van der Waals surface area contributed by atoms with Crippen molar-refractivity contribution < 1.29 is 9.53 Å². The van der Waals surface area contributed by atoms with Crippen LogP contribution < -0.4 is 5.32 Å². The third kappa shape index (κ3) is 3.91. The molecule has 2 fully saturated rings. The van der Waals surface area contributed by atoms with Crippen molar-refractivity contribution in [3.63, 3.8) is 0 Å². The first kappa shape index (κ1) is 16.4. The minimum absolute atomic E-state index is 0.142.